The molecule has 6 nitrogen and oxygen atoms in total. The Kier molecular flexibility index (Phi) is 3.78. The van der Waals surface area contributed by atoms with E-state index in [1.165, 1.54) is 12.1 Å². The van der Waals surface area contributed by atoms with E-state index < -0.39 is 0 Å². The Morgan fingerprint density at radius 2 is 2.20 bits per heavy atom. The molecule has 2 aliphatic heterocycles. The summed E-state index contributed by atoms with van der Waals surface area (Å²) in [6.07, 6.45) is 3.34. The average molecular weight is 342 g/mol. The SMILES string of the molecule is Cc1cc(F)ccc1-n1ccc(C(=O)N2CCC[C@H]3C(=O)NC[C@H]32)n1. The second-order valence-electron chi connectivity index (χ2n) is 6.64. The van der Waals surface area contributed by atoms with Crippen LogP contribution in [0.3, 0.4) is 0 Å². The Hall–Kier alpha value is -2.70. The van der Waals surface area contributed by atoms with Crippen LogP contribution in [0.2, 0.25) is 0 Å². The zero-order chi connectivity index (χ0) is 17.6. The molecule has 0 aliphatic carbocycles. The van der Waals surface area contributed by atoms with Crippen LogP contribution in [0.5, 0.6) is 0 Å². The Balaban J connectivity index is 1.59. The van der Waals surface area contributed by atoms with Crippen molar-refractivity contribution in [3.63, 3.8) is 0 Å². The third-order valence-electron chi connectivity index (χ3n) is 5.08. The fourth-order valence-electron chi connectivity index (χ4n) is 3.80. The topological polar surface area (TPSA) is 67.2 Å². The minimum Gasteiger partial charge on any atom is -0.354 e. The van der Waals surface area contributed by atoms with Crippen molar-refractivity contribution in [3.05, 3.63) is 47.5 Å². The van der Waals surface area contributed by atoms with Gasteiger partial charge in [-0.25, -0.2) is 9.07 Å². The van der Waals surface area contributed by atoms with Gasteiger partial charge in [-0.05, 0) is 49.6 Å². The van der Waals surface area contributed by atoms with Crippen molar-refractivity contribution in [2.24, 2.45) is 5.92 Å². The summed E-state index contributed by atoms with van der Waals surface area (Å²) >= 11 is 0. The second kappa shape index (κ2) is 5.98. The molecule has 0 radical (unpaired) electrons. The normalized spacial score (nSPS) is 22.6. The Morgan fingerprint density at radius 1 is 1.36 bits per heavy atom. The smallest absolute Gasteiger partial charge is 0.274 e. The second-order valence-corrected chi connectivity index (χ2v) is 6.64. The quantitative estimate of drug-likeness (QED) is 0.903. The van der Waals surface area contributed by atoms with E-state index in [2.05, 4.69) is 10.4 Å². The molecule has 2 fully saturated rings. The summed E-state index contributed by atoms with van der Waals surface area (Å²) in [5.74, 6) is -0.540. The maximum atomic E-state index is 13.3. The summed E-state index contributed by atoms with van der Waals surface area (Å²) < 4.78 is 14.9. The van der Waals surface area contributed by atoms with Crippen LogP contribution in [0.15, 0.2) is 30.5 Å². The average Bonchev–Trinajstić information content (AvgIpc) is 3.22. The first kappa shape index (κ1) is 15.8. The molecule has 7 heteroatoms. The predicted octanol–water partition coefficient (Wildman–Crippen LogP) is 1.67. The minimum absolute atomic E-state index is 0.0370. The summed E-state index contributed by atoms with van der Waals surface area (Å²) in [5, 5.41) is 7.22. The van der Waals surface area contributed by atoms with Gasteiger partial charge in [-0.3, -0.25) is 9.59 Å². The highest BCUT2D eigenvalue weighted by molar-refractivity contribution is 5.94. The Bertz CT molecular complexity index is 847. The minimum atomic E-state index is -0.303. The summed E-state index contributed by atoms with van der Waals surface area (Å²) in [6, 6.07) is 6.02. The van der Waals surface area contributed by atoms with Gasteiger partial charge in [0, 0.05) is 19.3 Å². The van der Waals surface area contributed by atoms with Crippen LogP contribution in [-0.4, -0.2) is 45.6 Å². The summed E-state index contributed by atoms with van der Waals surface area (Å²) in [5.41, 5.74) is 1.81. The lowest BCUT2D eigenvalue weighted by Gasteiger charge is -2.35. The summed E-state index contributed by atoms with van der Waals surface area (Å²) in [4.78, 5) is 26.5. The van der Waals surface area contributed by atoms with Gasteiger partial charge in [-0.2, -0.15) is 5.10 Å². The van der Waals surface area contributed by atoms with Gasteiger partial charge in [0.15, 0.2) is 5.69 Å². The number of carbonyl (C=O) groups is 2. The van der Waals surface area contributed by atoms with E-state index in [9.17, 15) is 14.0 Å². The third kappa shape index (κ3) is 2.69. The van der Waals surface area contributed by atoms with Crippen molar-refractivity contribution in [1.82, 2.24) is 20.0 Å². The number of fused-ring (bicyclic) bond motifs is 1. The number of nitrogens with one attached hydrogen (secondary N) is 1. The Morgan fingerprint density at radius 3 is 3.00 bits per heavy atom. The lowest BCUT2D eigenvalue weighted by atomic mass is 9.91. The van der Waals surface area contributed by atoms with Crippen LogP contribution in [0, 0.1) is 18.7 Å². The number of amides is 2. The highest BCUT2D eigenvalue weighted by Gasteiger charge is 2.43. The van der Waals surface area contributed by atoms with Crippen LogP contribution >= 0.6 is 0 Å². The summed E-state index contributed by atoms with van der Waals surface area (Å²) in [7, 11) is 0. The van der Waals surface area contributed by atoms with Crippen LogP contribution in [0.25, 0.3) is 5.69 Å². The lowest BCUT2D eigenvalue weighted by Crippen LogP contribution is -2.48. The van der Waals surface area contributed by atoms with E-state index in [0.29, 0.717) is 18.8 Å². The largest absolute Gasteiger partial charge is 0.354 e. The monoisotopic (exact) mass is 342 g/mol. The molecule has 130 valence electrons. The van der Waals surface area contributed by atoms with E-state index in [1.54, 1.807) is 34.8 Å². The standard InChI is InChI=1S/C18H19FN4O2/c1-11-9-12(19)4-5-15(11)23-8-6-14(21-23)18(25)22-7-2-3-13-16(22)10-20-17(13)24/h4-6,8-9,13,16H,2-3,7,10H2,1H3,(H,20,24)/t13-,16-/m1/s1. The van der Waals surface area contributed by atoms with Crippen LogP contribution < -0.4 is 5.32 Å². The molecule has 4 rings (SSSR count). The van der Waals surface area contributed by atoms with Crippen LogP contribution in [0.4, 0.5) is 4.39 Å². The highest BCUT2D eigenvalue weighted by atomic mass is 19.1. The molecule has 0 unspecified atom stereocenters. The van der Waals surface area contributed by atoms with Crippen molar-refractivity contribution < 1.29 is 14.0 Å². The first-order chi connectivity index (χ1) is 12.0. The van der Waals surface area contributed by atoms with Gasteiger partial charge in [0.2, 0.25) is 5.91 Å². The van der Waals surface area contributed by atoms with Crippen molar-refractivity contribution in [2.45, 2.75) is 25.8 Å². The lowest BCUT2D eigenvalue weighted by molar-refractivity contribution is -0.123. The molecule has 2 aromatic rings. The predicted molar refractivity (Wildman–Crippen MR) is 88.8 cm³/mol. The van der Waals surface area contributed by atoms with Crippen molar-refractivity contribution >= 4 is 11.8 Å². The van der Waals surface area contributed by atoms with Crippen molar-refractivity contribution in [1.29, 1.82) is 0 Å². The number of rotatable bonds is 2. The molecule has 3 heterocycles. The maximum absolute atomic E-state index is 13.3. The zero-order valence-electron chi connectivity index (χ0n) is 13.9. The van der Waals surface area contributed by atoms with Gasteiger partial charge >= 0.3 is 0 Å². The third-order valence-corrected chi connectivity index (χ3v) is 5.08. The van der Waals surface area contributed by atoms with E-state index in [-0.39, 0.29) is 29.6 Å². The van der Waals surface area contributed by atoms with Gasteiger partial charge in [-0.15, -0.1) is 0 Å². The first-order valence-corrected chi connectivity index (χ1v) is 8.45. The number of aromatic nitrogens is 2. The number of piperidine rings is 1. The molecule has 1 N–H and O–H groups in total. The number of halogens is 1. The molecule has 0 saturated carbocycles. The zero-order valence-corrected chi connectivity index (χ0v) is 13.9. The molecule has 2 saturated heterocycles. The Labute approximate surface area is 144 Å². The number of nitrogens with zero attached hydrogens (tertiary/aromatic N) is 3. The number of carbonyl (C=O) groups excluding carboxylic acids is 2. The molecule has 0 spiro atoms. The molecule has 1 aromatic carbocycles. The molecule has 1 aromatic heterocycles. The maximum Gasteiger partial charge on any atom is 0.274 e. The van der Waals surface area contributed by atoms with Gasteiger partial charge in [0.25, 0.3) is 5.91 Å². The molecular weight excluding hydrogens is 323 g/mol. The molecule has 25 heavy (non-hydrogen) atoms. The molecule has 0 bridgehead atoms. The van der Waals surface area contributed by atoms with E-state index in [1.807, 2.05) is 0 Å². The highest BCUT2D eigenvalue weighted by Crippen LogP contribution is 2.28. The number of likely N-dealkylation sites (tertiary alicyclic amines) is 1. The van der Waals surface area contributed by atoms with Gasteiger partial charge in [0.1, 0.15) is 5.82 Å². The first-order valence-electron chi connectivity index (χ1n) is 8.45. The van der Waals surface area contributed by atoms with E-state index >= 15 is 0 Å². The molecule has 2 atom stereocenters. The summed E-state index contributed by atoms with van der Waals surface area (Å²) in [6.45, 7) is 2.94. The van der Waals surface area contributed by atoms with E-state index in [4.69, 9.17) is 0 Å². The molecular formula is C18H19FN4O2. The molecule has 2 amide bonds. The fourth-order valence-corrected chi connectivity index (χ4v) is 3.80. The number of hydrogen-bond donors (Lipinski definition) is 1. The van der Waals surface area contributed by atoms with Crippen LogP contribution in [-0.2, 0) is 4.79 Å². The van der Waals surface area contributed by atoms with Gasteiger partial charge in [-0.1, -0.05) is 0 Å². The van der Waals surface area contributed by atoms with Crippen molar-refractivity contribution in [2.75, 3.05) is 13.1 Å². The number of benzene rings is 1. The number of hydrogen-bond acceptors (Lipinski definition) is 3. The van der Waals surface area contributed by atoms with Gasteiger partial charge < -0.3 is 10.2 Å². The van der Waals surface area contributed by atoms with Crippen LogP contribution in [0.1, 0.15) is 28.9 Å². The molecule has 2 aliphatic rings. The van der Waals surface area contributed by atoms with E-state index in [0.717, 1.165) is 24.1 Å². The fraction of sp³-hybridized carbons (Fsp3) is 0.389. The number of aryl methyl sites for hydroxylation is 1. The van der Waals surface area contributed by atoms with Gasteiger partial charge in [0.05, 0.1) is 17.6 Å². The van der Waals surface area contributed by atoms with Crippen molar-refractivity contribution in [3.8, 4) is 5.69 Å².